The molecule has 12 rings (SSSR count). The molecule has 0 saturated carbocycles. The number of benzene rings is 9. The van der Waals surface area contributed by atoms with Gasteiger partial charge in [0.2, 0.25) is 0 Å². The van der Waals surface area contributed by atoms with Crippen molar-refractivity contribution < 1.29 is 0 Å². The monoisotopic (exact) mass is 828 g/mol. The second-order valence-corrected chi connectivity index (χ2v) is 18.1. The fourth-order valence-electron chi connectivity index (χ4n) is 9.32. The van der Waals surface area contributed by atoms with Crippen LogP contribution in [-0.4, -0.2) is 0 Å². The molecule has 0 bridgehead atoms. The second-order valence-electron chi connectivity index (χ2n) is 16.0. The molecule has 0 radical (unpaired) electrons. The molecule has 0 amide bonds. The van der Waals surface area contributed by atoms with E-state index in [1.165, 1.54) is 84.8 Å². The molecule has 62 heavy (non-hydrogen) atoms. The van der Waals surface area contributed by atoms with E-state index >= 15 is 0 Å². The molecule has 2 nitrogen and oxygen atoms in total. The largest absolute Gasteiger partial charge is 0.311 e. The summed E-state index contributed by atoms with van der Waals surface area (Å²) < 4.78 is 5.39. The minimum absolute atomic E-state index is 1.06. The number of thiophene rings is 2. The minimum atomic E-state index is 1.06. The van der Waals surface area contributed by atoms with E-state index in [0.717, 1.165) is 35.6 Å². The zero-order valence-electron chi connectivity index (χ0n) is 33.9. The van der Waals surface area contributed by atoms with Gasteiger partial charge in [0.1, 0.15) is 0 Å². The van der Waals surface area contributed by atoms with E-state index in [-0.39, 0.29) is 0 Å². The average molecular weight is 829 g/mol. The first-order valence-electron chi connectivity index (χ1n) is 21.3. The number of hydrogen-bond donors (Lipinski definition) is 0. The van der Waals surface area contributed by atoms with Crippen molar-refractivity contribution in [3.63, 3.8) is 0 Å². The van der Waals surface area contributed by atoms with Gasteiger partial charge in [0, 0.05) is 65.1 Å². The van der Waals surface area contributed by atoms with Gasteiger partial charge in [-0.3, -0.25) is 0 Å². The topological polar surface area (TPSA) is 6.48 Å². The minimum Gasteiger partial charge on any atom is -0.311 e. The predicted molar refractivity (Wildman–Crippen MR) is 270 cm³/mol. The molecule has 2 heterocycles. The maximum absolute atomic E-state index is 2.41. The number of allylic oxidation sites excluding steroid dienone is 3. The summed E-state index contributed by atoms with van der Waals surface area (Å²) in [6, 6.07) is 73.1. The van der Waals surface area contributed by atoms with Crippen molar-refractivity contribution in [3.05, 3.63) is 224 Å². The summed E-state index contributed by atoms with van der Waals surface area (Å²) in [5.74, 6) is 0. The highest BCUT2D eigenvalue weighted by Crippen LogP contribution is 2.50. The number of anilines is 5. The molecule has 11 aromatic rings. The Balaban J connectivity index is 0.925. The molecule has 1 aliphatic rings. The van der Waals surface area contributed by atoms with Gasteiger partial charge < -0.3 is 9.80 Å². The molecule has 0 N–H and O–H groups in total. The Labute approximate surface area is 369 Å². The summed E-state index contributed by atoms with van der Waals surface area (Å²) in [6.07, 6.45) is 9.03. The van der Waals surface area contributed by atoms with Crippen molar-refractivity contribution >= 4 is 102 Å². The van der Waals surface area contributed by atoms with Crippen LogP contribution in [0.2, 0.25) is 0 Å². The number of nitrogens with zero attached hydrogens (tertiary/aromatic N) is 2. The van der Waals surface area contributed by atoms with Crippen LogP contribution in [0.4, 0.5) is 28.4 Å². The van der Waals surface area contributed by atoms with Crippen LogP contribution >= 0.6 is 22.7 Å². The van der Waals surface area contributed by atoms with Crippen molar-refractivity contribution in [3.8, 4) is 22.3 Å². The Hall–Kier alpha value is -7.24. The molecule has 9 aromatic carbocycles. The summed E-state index contributed by atoms with van der Waals surface area (Å²) in [6.45, 7) is 0. The van der Waals surface area contributed by atoms with Gasteiger partial charge in [-0.2, -0.15) is 0 Å². The summed E-state index contributed by atoms with van der Waals surface area (Å²) in [5.41, 5.74) is 11.9. The van der Waals surface area contributed by atoms with Crippen LogP contribution < -0.4 is 9.80 Å². The van der Waals surface area contributed by atoms with Crippen molar-refractivity contribution in [2.75, 3.05) is 9.80 Å². The Bertz CT molecular complexity index is 3450. The van der Waals surface area contributed by atoms with E-state index < -0.39 is 0 Å². The van der Waals surface area contributed by atoms with Crippen molar-refractivity contribution in [1.82, 2.24) is 0 Å². The Kier molecular flexibility index (Phi) is 9.06. The number of fused-ring (bicyclic) bond motifs is 10. The average Bonchev–Trinajstić information content (AvgIpc) is 3.93. The molecule has 2 aromatic heterocycles. The molecule has 1 aliphatic carbocycles. The lowest BCUT2D eigenvalue weighted by Crippen LogP contribution is -2.16. The molecule has 0 unspecified atom stereocenters. The molecular formula is C58H40N2S2. The lowest BCUT2D eigenvalue weighted by molar-refractivity contribution is 0.997. The summed E-state index contributed by atoms with van der Waals surface area (Å²) in [7, 11) is 0. The zero-order chi connectivity index (χ0) is 41.0. The SMILES string of the molecule is C1=CC(N(c2ccccc2)c2ccc(-c3ccc4c(c3)sc3c5sc6cc(-c7ccc(N(c8ccccc8)c8ccccc8)cc7)ccc6c5c5ccccc5c43)cc2)=CCC1. The number of rotatable bonds is 8. The number of hydrogen-bond acceptors (Lipinski definition) is 4. The first-order chi connectivity index (χ1) is 30.7. The third-order valence-corrected chi connectivity index (χ3v) is 14.7. The van der Waals surface area contributed by atoms with Gasteiger partial charge in [-0.15, -0.1) is 22.7 Å². The summed E-state index contributed by atoms with van der Waals surface area (Å²) in [5, 5.41) is 8.03. The van der Waals surface area contributed by atoms with E-state index in [1.807, 2.05) is 22.7 Å². The van der Waals surface area contributed by atoms with Crippen molar-refractivity contribution in [2.24, 2.45) is 0 Å². The summed E-state index contributed by atoms with van der Waals surface area (Å²) >= 11 is 3.87. The van der Waals surface area contributed by atoms with Gasteiger partial charge >= 0.3 is 0 Å². The molecule has 4 heteroatoms. The molecule has 0 fully saturated rings. The maximum atomic E-state index is 2.41. The fraction of sp³-hybridized carbons (Fsp3) is 0.0345. The highest BCUT2D eigenvalue weighted by molar-refractivity contribution is 7.33. The van der Waals surface area contributed by atoms with Crippen LogP contribution in [0.1, 0.15) is 12.8 Å². The van der Waals surface area contributed by atoms with Crippen LogP contribution in [0.25, 0.3) is 73.4 Å². The van der Waals surface area contributed by atoms with Gasteiger partial charge in [-0.25, -0.2) is 0 Å². The van der Waals surface area contributed by atoms with E-state index in [1.54, 1.807) is 0 Å². The Morgan fingerprint density at radius 1 is 0.339 bits per heavy atom. The van der Waals surface area contributed by atoms with Gasteiger partial charge in [0.15, 0.2) is 0 Å². The highest BCUT2D eigenvalue weighted by Gasteiger charge is 2.20. The molecule has 0 saturated heterocycles. The predicted octanol–water partition coefficient (Wildman–Crippen LogP) is 17.8. The first kappa shape index (κ1) is 36.6. The van der Waals surface area contributed by atoms with Crippen LogP contribution in [0.5, 0.6) is 0 Å². The van der Waals surface area contributed by atoms with Crippen LogP contribution in [-0.2, 0) is 0 Å². The number of para-hydroxylation sites is 3. The lowest BCUT2D eigenvalue weighted by atomic mass is 9.97. The third kappa shape index (κ3) is 6.30. The van der Waals surface area contributed by atoms with Crippen molar-refractivity contribution in [1.29, 1.82) is 0 Å². The molecule has 294 valence electrons. The second kappa shape index (κ2) is 15.3. The molecular weight excluding hydrogens is 789 g/mol. The molecule has 0 aliphatic heterocycles. The van der Waals surface area contributed by atoms with Gasteiger partial charge in [0.25, 0.3) is 0 Å². The maximum Gasteiger partial charge on any atom is 0.0540 e. The smallest absolute Gasteiger partial charge is 0.0540 e. The van der Waals surface area contributed by atoms with Crippen LogP contribution in [0, 0.1) is 0 Å². The highest BCUT2D eigenvalue weighted by atomic mass is 32.1. The van der Waals surface area contributed by atoms with Crippen LogP contribution in [0.15, 0.2) is 224 Å². The van der Waals surface area contributed by atoms with Gasteiger partial charge in [-0.1, -0.05) is 140 Å². The van der Waals surface area contributed by atoms with Gasteiger partial charge in [0.05, 0.1) is 9.40 Å². The van der Waals surface area contributed by atoms with E-state index in [0.29, 0.717) is 0 Å². The van der Waals surface area contributed by atoms with E-state index in [4.69, 9.17) is 0 Å². The fourth-order valence-corrected chi connectivity index (χ4v) is 12.0. The molecule has 0 spiro atoms. The van der Waals surface area contributed by atoms with E-state index in [9.17, 15) is 0 Å². The molecule has 0 atom stereocenters. The quantitative estimate of drug-likeness (QED) is 0.151. The lowest BCUT2D eigenvalue weighted by Gasteiger charge is -2.27. The zero-order valence-corrected chi connectivity index (χ0v) is 35.5. The van der Waals surface area contributed by atoms with Gasteiger partial charge in [-0.05, 0) is 125 Å². The standard InChI is InChI=1S/C58H40N2S2/c1-5-15-43(16-6-1)59(44-17-7-2-8-18-44)47-31-25-39(26-32-47)41-29-35-51-53(37-41)61-57-55(51)49-23-13-14-24-50(49)56-52-36-30-42(38-54(52)62-58(56)57)40-27-33-48(34-28-40)60(45-19-9-3-10-20-45)46-21-11-4-12-22-46/h1-3,5-11,13-38H,4,12H2. The normalized spacial score (nSPS) is 12.7. The Morgan fingerprint density at radius 3 is 1.19 bits per heavy atom. The van der Waals surface area contributed by atoms with E-state index in [2.05, 4.69) is 228 Å². The third-order valence-electron chi connectivity index (χ3n) is 12.2. The van der Waals surface area contributed by atoms with Crippen LogP contribution in [0.3, 0.4) is 0 Å². The first-order valence-corrected chi connectivity index (χ1v) is 22.9. The van der Waals surface area contributed by atoms with Crippen molar-refractivity contribution in [2.45, 2.75) is 12.8 Å². The summed E-state index contributed by atoms with van der Waals surface area (Å²) in [4.78, 5) is 4.68. The Morgan fingerprint density at radius 2 is 0.742 bits per heavy atom.